The number of thiophene rings is 1. The van der Waals surface area contributed by atoms with Gasteiger partial charge in [-0.15, -0.1) is 21.5 Å². The van der Waals surface area contributed by atoms with E-state index in [1.807, 2.05) is 64.7 Å². The Balaban J connectivity index is 1.28. The van der Waals surface area contributed by atoms with Crippen LogP contribution >= 0.6 is 11.3 Å². The fourth-order valence-corrected chi connectivity index (χ4v) is 3.80. The van der Waals surface area contributed by atoms with Crippen molar-refractivity contribution in [2.45, 2.75) is 13.1 Å². The van der Waals surface area contributed by atoms with Crippen LogP contribution in [0, 0.1) is 0 Å². The van der Waals surface area contributed by atoms with Crippen molar-refractivity contribution >= 4 is 22.9 Å². The molecule has 9 heteroatoms. The Kier molecular flexibility index (Phi) is 4.78. The summed E-state index contributed by atoms with van der Waals surface area (Å²) in [4.78, 5) is 17.7. The predicted molar refractivity (Wildman–Crippen MR) is 113 cm³/mol. The maximum atomic E-state index is 12.6. The fourth-order valence-electron chi connectivity index (χ4n) is 3.11. The minimum absolute atomic E-state index is 0.171. The van der Waals surface area contributed by atoms with Gasteiger partial charge in [0.1, 0.15) is 5.69 Å². The summed E-state index contributed by atoms with van der Waals surface area (Å²) in [5.41, 5.74) is 3.17. The van der Waals surface area contributed by atoms with Gasteiger partial charge in [-0.1, -0.05) is 18.2 Å². The first-order valence-corrected chi connectivity index (χ1v) is 10.2. The van der Waals surface area contributed by atoms with Gasteiger partial charge in [-0.3, -0.25) is 4.79 Å². The molecular formula is C21H17N7OS. The molecule has 0 atom stereocenters. The summed E-state index contributed by atoms with van der Waals surface area (Å²) >= 11 is 1.62. The molecule has 4 heterocycles. The largest absolute Gasteiger partial charge is 0.345 e. The van der Waals surface area contributed by atoms with Crippen LogP contribution in [0.25, 0.3) is 16.2 Å². The van der Waals surface area contributed by atoms with Gasteiger partial charge in [-0.05, 0) is 41.3 Å². The summed E-state index contributed by atoms with van der Waals surface area (Å²) in [7, 11) is 0. The first kappa shape index (κ1) is 18.2. The van der Waals surface area contributed by atoms with E-state index in [1.165, 1.54) is 0 Å². The molecule has 148 valence electrons. The van der Waals surface area contributed by atoms with E-state index in [9.17, 15) is 4.79 Å². The Morgan fingerprint density at radius 1 is 1.07 bits per heavy atom. The van der Waals surface area contributed by atoms with Crippen molar-refractivity contribution in [2.75, 3.05) is 0 Å². The standard InChI is InChI=1S/C21H17N7OS/c29-21(16-5-3-15(4-6-16)13-27-10-9-22-14-27)23-12-20-25-24-19-8-7-17(26-28(19)20)18-2-1-11-30-18/h1-11,14H,12-13H2,(H,23,29). The molecule has 0 bridgehead atoms. The predicted octanol–water partition coefficient (Wildman–Crippen LogP) is 3.03. The third kappa shape index (κ3) is 3.70. The number of benzene rings is 1. The quantitative estimate of drug-likeness (QED) is 0.460. The van der Waals surface area contributed by atoms with Gasteiger partial charge >= 0.3 is 0 Å². The number of carbonyl (C=O) groups is 1. The van der Waals surface area contributed by atoms with E-state index in [2.05, 4.69) is 25.6 Å². The number of aromatic nitrogens is 6. The topological polar surface area (TPSA) is 90.0 Å². The van der Waals surface area contributed by atoms with Gasteiger partial charge in [0.2, 0.25) is 0 Å². The van der Waals surface area contributed by atoms with Gasteiger partial charge in [0.05, 0.1) is 17.7 Å². The second-order valence-electron chi connectivity index (χ2n) is 6.70. The van der Waals surface area contributed by atoms with E-state index in [-0.39, 0.29) is 12.5 Å². The summed E-state index contributed by atoms with van der Waals surface area (Å²) in [5.74, 6) is 0.406. The number of hydrogen-bond donors (Lipinski definition) is 1. The SMILES string of the molecule is O=C(NCc1nnc2ccc(-c3cccs3)nn12)c1ccc(Cn2ccnc2)cc1. The van der Waals surface area contributed by atoms with E-state index in [0.717, 1.165) is 16.1 Å². The second kappa shape index (κ2) is 7.88. The van der Waals surface area contributed by atoms with E-state index >= 15 is 0 Å². The van der Waals surface area contributed by atoms with Crippen LogP contribution in [0.15, 0.2) is 72.6 Å². The molecule has 0 aliphatic carbocycles. The molecule has 1 amide bonds. The number of amides is 1. The van der Waals surface area contributed by atoms with E-state index in [4.69, 9.17) is 0 Å². The molecule has 30 heavy (non-hydrogen) atoms. The van der Waals surface area contributed by atoms with Crippen LogP contribution in [0.1, 0.15) is 21.7 Å². The number of rotatable bonds is 6. The molecule has 0 aliphatic heterocycles. The lowest BCUT2D eigenvalue weighted by atomic mass is 10.1. The maximum Gasteiger partial charge on any atom is 0.251 e. The van der Waals surface area contributed by atoms with Gasteiger partial charge in [0, 0.05) is 24.5 Å². The zero-order valence-corrected chi connectivity index (χ0v) is 16.7. The third-order valence-corrected chi connectivity index (χ3v) is 5.54. The molecule has 5 rings (SSSR count). The first-order chi connectivity index (χ1) is 14.8. The minimum atomic E-state index is -0.171. The average molecular weight is 415 g/mol. The molecular weight excluding hydrogens is 398 g/mol. The molecule has 8 nitrogen and oxygen atoms in total. The molecule has 1 N–H and O–H groups in total. The lowest BCUT2D eigenvalue weighted by Gasteiger charge is -2.06. The highest BCUT2D eigenvalue weighted by atomic mass is 32.1. The number of nitrogens with zero attached hydrogens (tertiary/aromatic N) is 6. The molecule has 4 aromatic heterocycles. The third-order valence-electron chi connectivity index (χ3n) is 4.65. The maximum absolute atomic E-state index is 12.6. The van der Waals surface area contributed by atoms with Crippen LogP contribution in [0.4, 0.5) is 0 Å². The number of nitrogens with one attached hydrogen (secondary N) is 1. The van der Waals surface area contributed by atoms with Gasteiger partial charge in [0.25, 0.3) is 5.91 Å². The lowest BCUT2D eigenvalue weighted by Crippen LogP contribution is -2.24. The van der Waals surface area contributed by atoms with Gasteiger partial charge in [0.15, 0.2) is 11.5 Å². The van der Waals surface area contributed by atoms with Crippen molar-refractivity contribution in [1.29, 1.82) is 0 Å². The second-order valence-corrected chi connectivity index (χ2v) is 7.64. The lowest BCUT2D eigenvalue weighted by molar-refractivity contribution is 0.0949. The fraction of sp³-hybridized carbons (Fsp3) is 0.0952. The number of carbonyl (C=O) groups excluding carboxylic acids is 1. The molecule has 0 saturated carbocycles. The van der Waals surface area contributed by atoms with Crippen molar-refractivity contribution in [2.24, 2.45) is 0 Å². The van der Waals surface area contributed by atoms with Crippen LogP contribution in [-0.4, -0.2) is 35.3 Å². The molecule has 0 unspecified atom stereocenters. The smallest absolute Gasteiger partial charge is 0.251 e. The zero-order valence-electron chi connectivity index (χ0n) is 15.8. The van der Waals surface area contributed by atoms with Crippen molar-refractivity contribution in [3.8, 4) is 10.6 Å². The summed E-state index contributed by atoms with van der Waals surface area (Å²) < 4.78 is 3.65. The Morgan fingerprint density at radius 2 is 1.97 bits per heavy atom. The van der Waals surface area contributed by atoms with Gasteiger partial charge < -0.3 is 9.88 Å². The molecule has 5 aromatic rings. The highest BCUT2D eigenvalue weighted by molar-refractivity contribution is 7.13. The normalized spacial score (nSPS) is 11.1. The first-order valence-electron chi connectivity index (χ1n) is 9.34. The zero-order chi connectivity index (χ0) is 20.3. The van der Waals surface area contributed by atoms with Crippen molar-refractivity contribution in [3.05, 3.63) is 89.6 Å². The Bertz CT molecular complexity index is 1280. The Hall–Kier alpha value is -3.85. The molecule has 0 spiro atoms. The van der Waals surface area contributed by atoms with Crippen molar-refractivity contribution in [3.63, 3.8) is 0 Å². The molecule has 0 fully saturated rings. The minimum Gasteiger partial charge on any atom is -0.345 e. The number of hydrogen-bond acceptors (Lipinski definition) is 6. The van der Waals surface area contributed by atoms with Crippen LogP contribution in [0.2, 0.25) is 0 Å². The van der Waals surface area contributed by atoms with E-state index < -0.39 is 0 Å². The summed E-state index contributed by atoms with van der Waals surface area (Å²) in [6.45, 7) is 0.948. The molecule has 0 aliphatic rings. The van der Waals surface area contributed by atoms with Gasteiger partial charge in [-0.2, -0.15) is 9.61 Å². The Morgan fingerprint density at radius 3 is 2.73 bits per heavy atom. The Labute approximate surface area is 175 Å². The van der Waals surface area contributed by atoms with Crippen molar-refractivity contribution < 1.29 is 4.79 Å². The number of imidazole rings is 1. The highest BCUT2D eigenvalue weighted by Gasteiger charge is 2.12. The summed E-state index contributed by atoms with van der Waals surface area (Å²) in [6.07, 6.45) is 5.41. The summed E-state index contributed by atoms with van der Waals surface area (Å²) in [6, 6.07) is 15.3. The van der Waals surface area contributed by atoms with Crippen LogP contribution in [0.3, 0.4) is 0 Å². The van der Waals surface area contributed by atoms with E-state index in [1.54, 1.807) is 28.4 Å². The molecule has 1 aromatic carbocycles. The van der Waals surface area contributed by atoms with Crippen molar-refractivity contribution in [1.82, 2.24) is 34.7 Å². The highest BCUT2D eigenvalue weighted by Crippen LogP contribution is 2.22. The monoisotopic (exact) mass is 415 g/mol. The summed E-state index contributed by atoms with van der Waals surface area (Å²) in [5, 5.41) is 17.8. The average Bonchev–Trinajstić information content (AvgIpc) is 3.54. The number of fused-ring (bicyclic) bond motifs is 1. The van der Waals surface area contributed by atoms with Crippen LogP contribution < -0.4 is 5.32 Å². The van der Waals surface area contributed by atoms with E-state index in [0.29, 0.717) is 23.6 Å². The van der Waals surface area contributed by atoms with Gasteiger partial charge in [-0.25, -0.2) is 4.98 Å². The van der Waals surface area contributed by atoms with Crippen LogP contribution in [0.5, 0.6) is 0 Å². The van der Waals surface area contributed by atoms with Crippen LogP contribution in [-0.2, 0) is 13.1 Å². The molecule has 0 radical (unpaired) electrons. The molecule has 0 saturated heterocycles.